The van der Waals surface area contributed by atoms with Crippen LogP contribution in [0.4, 0.5) is 22.7 Å². The molecular weight excluding hydrogens is 1210 g/mol. The van der Waals surface area contributed by atoms with E-state index in [4.69, 9.17) is 51.0 Å². The number of anilines is 4. The summed E-state index contributed by atoms with van der Waals surface area (Å²) in [4.78, 5) is 121. The van der Waals surface area contributed by atoms with E-state index in [1.165, 1.54) is 24.3 Å². The third-order valence-electron chi connectivity index (χ3n) is 14.9. The van der Waals surface area contributed by atoms with Crippen molar-refractivity contribution >= 4 is 94.8 Å². The van der Waals surface area contributed by atoms with Crippen LogP contribution in [0.1, 0.15) is 62.8 Å². The Hall–Kier alpha value is -11.2. The molecule has 1 aliphatic rings. The van der Waals surface area contributed by atoms with Gasteiger partial charge in [0, 0.05) is 50.9 Å². The molecule has 4 atom stereocenters. The third kappa shape index (κ3) is 22.0. The molecule has 5 rings (SSSR count). The van der Waals surface area contributed by atoms with Crippen LogP contribution in [0.5, 0.6) is 0 Å². The van der Waals surface area contributed by atoms with Crippen LogP contribution in [0.2, 0.25) is 0 Å². The normalized spacial score (nSPS) is 15.4. The number of carbonyl (C=O) groups excluding carboxylic acids is 8. The molecule has 0 spiro atoms. The first-order valence-electron chi connectivity index (χ1n) is 30.2. The lowest BCUT2D eigenvalue weighted by atomic mass is 9.68. The summed E-state index contributed by atoms with van der Waals surface area (Å²) >= 11 is 0. The summed E-state index contributed by atoms with van der Waals surface area (Å²) in [5.74, 6) is -11.6. The molecule has 0 aliphatic heterocycles. The largest absolute Gasteiger partial charge is 0.471 e. The van der Waals surface area contributed by atoms with Gasteiger partial charge in [0.05, 0.1) is 89.4 Å². The monoisotopic (exact) mass is 1280 g/mol. The zero-order chi connectivity index (χ0) is 68.7. The van der Waals surface area contributed by atoms with Gasteiger partial charge in [-0.2, -0.15) is 10.5 Å². The van der Waals surface area contributed by atoms with Crippen LogP contribution in [-0.4, -0.2) is 155 Å². The maximum absolute atomic E-state index is 14.5. The fraction of sp³-hybridized carbons (Fsp3) is 0.371. The highest BCUT2D eigenvalue weighted by molar-refractivity contribution is 5.99. The highest BCUT2D eigenvalue weighted by Crippen LogP contribution is 2.41. The van der Waals surface area contributed by atoms with E-state index in [0.29, 0.717) is 45.0 Å². The smallest absolute Gasteiger partial charge is 0.348 e. The van der Waals surface area contributed by atoms with Gasteiger partial charge in [-0.25, -0.2) is 19.3 Å². The lowest BCUT2D eigenvalue weighted by Crippen LogP contribution is -2.47. The number of esters is 8. The number of rotatable bonds is 32. The third-order valence-corrected chi connectivity index (χ3v) is 14.9. The van der Waals surface area contributed by atoms with E-state index in [2.05, 4.69) is 9.69 Å². The van der Waals surface area contributed by atoms with E-state index in [1.54, 1.807) is 173 Å². The summed E-state index contributed by atoms with van der Waals surface area (Å²) < 4.78 is 43.4. The minimum absolute atomic E-state index is 0.102. The minimum atomic E-state index is -1.32. The van der Waals surface area contributed by atoms with Gasteiger partial charge < -0.3 is 57.5 Å². The predicted octanol–water partition coefficient (Wildman–Crippen LogP) is 8.55. The van der Waals surface area contributed by atoms with Crippen LogP contribution in [-0.2, 0) is 76.3 Å². The van der Waals surface area contributed by atoms with E-state index in [-0.39, 0.29) is 114 Å². The van der Waals surface area contributed by atoms with Crippen molar-refractivity contribution in [3.8, 4) is 12.1 Å². The van der Waals surface area contributed by atoms with Crippen LogP contribution in [0.3, 0.4) is 0 Å². The number of benzene rings is 4. The van der Waals surface area contributed by atoms with E-state index in [9.17, 15) is 48.9 Å². The summed E-state index contributed by atoms with van der Waals surface area (Å²) in [5.41, 5.74) is 4.29. The molecule has 0 radical (unpaired) electrons. The van der Waals surface area contributed by atoms with E-state index in [1.807, 2.05) is 12.1 Å². The highest BCUT2D eigenvalue weighted by atomic mass is 16.6. The van der Waals surface area contributed by atoms with Gasteiger partial charge in [0.15, 0.2) is 0 Å². The molecule has 0 N–H and O–H groups in total. The van der Waals surface area contributed by atoms with Crippen molar-refractivity contribution in [3.63, 3.8) is 0 Å². The Morgan fingerprint density at radius 1 is 0.394 bits per heavy atom. The Kier molecular flexibility index (Phi) is 29.6. The summed E-state index contributed by atoms with van der Waals surface area (Å²) in [7, 11) is 7.00. The van der Waals surface area contributed by atoms with Crippen molar-refractivity contribution < 1.29 is 76.3 Å². The first kappa shape index (κ1) is 73.5. The summed E-state index contributed by atoms with van der Waals surface area (Å²) in [5, 5.41) is 19.0. The van der Waals surface area contributed by atoms with Crippen molar-refractivity contribution in [1.82, 2.24) is 0 Å². The molecule has 0 amide bonds. The number of hydrogen-bond acceptors (Lipinski definition) is 22. The van der Waals surface area contributed by atoms with Crippen LogP contribution in [0, 0.1) is 59.5 Å². The molecule has 4 unspecified atom stereocenters. The first-order valence-corrected chi connectivity index (χ1v) is 30.2. The molecule has 24 heteroatoms. The van der Waals surface area contributed by atoms with Gasteiger partial charge in [0.2, 0.25) is 0 Å². The molecule has 94 heavy (non-hydrogen) atoms. The molecule has 24 nitrogen and oxygen atoms in total. The molecule has 0 heterocycles. The Labute approximate surface area is 547 Å². The second-order valence-corrected chi connectivity index (χ2v) is 21.1. The fourth-order valence-corrected chi connectivity index (χ4v) is 9.65. The lowest BCUT2D eigenvalue weighted by molar-refractivity contribution is -0.175. The van der Waals surface area contributed by atoms with Crippen LogP contribution in [0.25, 0.3) is 34.0 Å². The van der Waals surface area contributed by atoms with Crippen LogP contribution < -0.4 is 19.6 Å². The van der Waals surface area contributed by atoms with Crippen molar-refractivity contribution in [2.75, 3.05) is 127 Å². The number of hydrogen-bond donors (Lipinski definition) is 0. The fourth-order valence-electron chi connectivity index (χ4n) is 9.65. The molecule has 0 saturated heterocycles. The molecule has 0 aromatic heterocycles. The average molecular weight is 1290 g/mol. The van der Waals surface area contributed by atoms with Crippen LogP contribution in [0.15, 0.2) is 120 Å². The van der Waals surface area contributed by atoms with Gasteiger partial charge in [0.25, 0.3) is 11.4 Å². The van der Waals surface area contributed by atoms with Crippen LogP contribution >= 0.6 is 0 Å². The number of ether oxygens (including phenoxy) is 8. The molecular formula is C70H76N8O16. The van der Waals surface area contributed by atoms with Gasteiger partial charge in [-0.05, 0) is 136 Å². The molecule has 0 bridgehead atoms. The number of nitrogens with zero attached hydrogens (tertiary/aromatic N) is 8. The van der Waals surface area contributed by atoms with Crippen molar-refractivity contribution in [2.45, 2.75) is 40.5 Å². The Morgan fingerprint density at radius 3 is 0.830 bits per heavy atom. The van der Waals surface area contributed by atoms with Crippen molar-refractivity contribution in [2.24, 2.45) is 23.7 Å². The average Bonchev–Trinajstić information content (AvgIpc) is 0.792. The van der Waals surface area contributed by atoms with E-state index in [0.717, 1.165) is 0 Å². The maximum atomic E-state index is 14.5. The number of carbonyl (C=O) groups is 8. The summed E-state index contributed by atoms with van der Waals surface area (Å²) in [6.45, 7) is 21.7. The molecule has 1 aliphatic carbocycles. The Balaban J connectivity index is 1.39. The standard InChI is InChI=1S/C70H76N8O16/c1-11-87-63(79)51(45-71)39-47-15-23-53(24-16-47)75(7)31-35-91-65(81)57-43-58(66(82)92-36-32-76(8)54-25-17-48(18-26-54)40-52(46-72)64(80)88-12-2)60(68(84)94-38-34-78(10)56-29-21-50(22-30-56)42-62(74-6)70(86)90-14-4)44-59(57)67(83)93-37-33-77(9)55-27-19-49(20-28-55)41-61(73-5)69(85)89-13-3/h15-30,39-42,57-60H,11-14,31-38,43-44H2,1-4,7-10H3/b51-39+,52-40+,61-41-,62-42-. The van der Waals surface area contributed by atoms with Gasteiger partial charge >= 0.3 is 47.8 Å². The topological polar surface area (TPSA) is 280 Å². The minimum Gasteiger partial charge on any atom is -0.471 e. The van der Waals surface area contributed by atoms with E-state index >= 15 is 0 Å². The van der Waals surface area contributed by atoms with E-state index < -0.39 is 71.4 Å². The second kappa shape index (κ2) is 37.8. The van der Waals surface area contributed by atoms with Gasteiger partial charge in [-0.15, -0.1) is 0 Å². The SMILES string of the molecule is [C-]#[N+]/C(=C\c1ccc(N(C)CCOC(=O)C2CC(C(=O)OCCN(C)c3ccc(/C=C(\[N+]#[C-])C(=O)OCC)cc3)C(C(=O)OCCN(C)c3ccc(/C=C(\C#N)C(=O)OCC)cc3)CC2C(=O)OCCN(C)c2ccc(/C=C(\C#N)C(=O)OCC)cc2)cc1)C(=O)OCC. The van der Waals surface area contributed by atoms with Gasteiger partial charge in [-0.1, -0.05) is 48.5 Å². The summed E-state index contributed by atoms with van der Waals surface area (Å²) in [6, 6.07) is 31.3. The molecule has 1 saturated carbocycles. The van der Waals surface area contributed by atoms with Gasteiger partial charge in [-0.3, -0.25) is 28.8 Å². The lowest BCUT2D eigenvalue weighted by Gasteiger charge is -2.37. The molecule has 4 aromatic rings. The second-order valence-electron chi connectivity index (χ2n) is 21.1. The van der Waals surface area contributed by atoms with Crippen molar-refractivity contribution in [3.05, 3.63) is 165 Å². The zero-order valence-electron chi connectivity index (χ0n) is 53.9. The zero-order valence-corrected chi connectivity index (χ0v) is 53.9. The Morgan fingerprint density at radius 2 is 0.617 bits per heavy atom. The molecule has 492 valence electrons. The quantitative estimate of drug-likeness (QED) is 0.0145. The maximum Gasteiger partial charge on any atom is 0.348 e. The highest BCUT2D eigenvalue weighted by Gasteiger charge is 2.51. The van der Waals surface area contributed by atoms with Crippen molar-refractivity contribution in [1.29, 1.82) is 10.5 Å². The molecule has 4 aromatic carbocycles. The molecule has 1 fully saturated rings. The number of nitriles is 2. The number of likely N-dealkylation sites (N-methyl/N-ethyl adjacent to an activating group) is 4. The predicted molar refractivity (Wildman–Crippen MR) is 349 cm³/mol. The van der Waals surface area contributed by atoms with Gasteiger partial charge in [0.1, 0.15) is 49.7 Å². The first-order chi connectivity index (χ1) is 45.2. The summed E-state index contributed by atoms with van der Waals surface area (Å²) in [6.07, 6.45) is 4.87. The Bertz CT molecular complexity index is 3140.